The lowest BCUT2D eigenvalue weighted by Crippen LogP contribution is -2.74. The fraction of sp³-hybridized carbons (Fsp3) is 0.552. The number of nitrogens with zero attached hydrogens (tertiary/aromatic N) is 1. The summed E-state index contributed by atoms with van der Waals surface area (Å²) < 4.78 is 16.8. The van der Waals surface area contributed by atoms with E-state index in [1.54, 1.807) is 12.1 Å². The molecule has 1 amide bonds. The smallest absolute Gasteiger partial charge is 0.336 e. The molecule has 0 aromatic heterocycles. The molecule has 2 aliphatic carbocycles. The van der Waals surface area contributed by atoms with Gasteiger partial charge in [0.2, 0.25) is 0 Å². The van der Waals surface area contributed by atoms with Gasteiger partial charge in [0.1, 0.15) is 17.6 Å². The minimum absolute atomic E-state index is 0.0994. The molecule has 5 rings (SSSR count). The van der Waals surface area contributed by atoms with Crippen LogP contribution in [-0.2, 0) is 51.9 Å². The first-order valence-corrected chi connectivity index (χ1v) is 14.1. The molecule has 1 saturated heterocycles. The second-order valence-electron chi connectivity index (χ2n) is 11.7. The van der Waals surface area contributed by atoms with E-state index in [0.29, 0.717) is 30.7 Å². The Morgan fingerprint density at radius 1 is 1.18 bits per heavy atom. The van der Waals surface area contributed by atoms with Crippen molar-refractivity contribution in [3.63, 3.8) is 0 Å². The number of aliphatic hydroxyl groups is 3. The molecule has 0 unspecified atom stereocenters. The lowest BCUT2D eigenvalue weighted by atomic mass is 9.50. The van der Waals surface area contributed by atoms with Gasteiger partial charge in [0, 0.05) is 23.6 Å². The van der Waals surface area contributed by atoms with E-state index < -0.39 is 78.0 Å². The second-order valence-corrected chi connectivity index (χ2v) is 11.7. The number of ether oxygens (including phenoxy) is 3. The molecule has 1 spiro atoms. The number of aliphatic carboxylic acids is 2. The molecule has 6 N–H and O–H groups in total. The minimum atomic E-state index is -2.05. The van der Waals surface area contributed by atoms with Crippen molar-refractivity contribution in [3.8, 4) is 5.75 Å². The van der Waals surface area contributed by atoms with Gasteiger partial charge in [-0.15, -0.1) is 0 Å². The Hall–Kier alpha value is -4.05. The van der Waals surface area contributed by atoms with Crippen LogP contribution in [0.1, 0.15) is 49.3 Å². The van der Waals surface area contributed by atoms with Gasteiger partial charge in [-0.25, -0.2) is 9.59 Å². The number of nitrogens with one attached hydrogen (secondary N) is 1. The maximum Gasteiger partial charge on any atom is 0.336 e. The summed E-state index contributed by atoms with van der Waals surface area (Å²) >= 11 is 0. The van der Waals surface area contributed by atoms with Crippen LogP contribution in [0, 0.1) is 0 Å². The molecule has 1 aromatic carbocycles. The molecule has 0 radical (unpaired) electrons. The number of likely N-dealkylation sites (tertiary alicyclic amines) is 1. The summed E-state index contributed by atoms with van der Waals surface area (Å²) in [6.45, 7) is 1.41. The van der Waals surface area contributed by atoms with E-state index in [4.69, 9.17) is 24.4 Å². The van der Waals surface area contributed by atoms with Crippen LogP contribution in [0.15, 0.2) is 24.0 Å². The molecule has 238 valence electrons. The average molecular weight is 619 g/mol. The third kappa shape index (κ3) is 4.99. The molecular weight excluding hydrogens is 584 g/mol. The summed E-state index contributed by atoms with van der Waals surface area (Å²) in [5, 5.41) is 52.4. The van der Waals surface area contributed by atoms with Gasteiger partial charge >= 0.3 is 23.9 Å². The summed E-state index contributed by atoms with van der Waals surface area (Å²) in [5.41, 5.74) is 0.0929. The normalized spacial score (nSPS) is 28.3. The standard InChI is InChI=1S/C29H34N2O13/c1-13(25(37)30-16(26(38)39)10-20(34)35)42-27(40)17(33)11-21(36)43-18-5-6-29(41)19-9-14-3-4-15(12-32)23-22(14)28(29,24(18)44-23)7-8-31(19)2/h3-5,13,16-17,19,24,32-33,41H,6-12H2,1-2H3,(H,30,37)(H,34,35)(H,38,39)/t13-,16+,17-,19+,24-,28-,29+/m0/s1. The van der Waals surface area contributed by atoms with Crippen molar-refractivity contribution >= 4 is 29.8 Å². The number of carboxylic acid groups (broad SMARTS) is 2. The third-order valence-electron chi connectivity index (χ3n) is 9.15. The summed E-state index contributed by atoms with van der Waals surface area (Å²) in [6, 6.07) is 1.68. The zero-order chi connectivity index (χ0) is 32.1. The lowest BCUT2D eigenvalue weighted by Gasteiger charge is -2.61. The van der Waals surface area contributed by atoms with E-state index in [1.165, 1.54) is 0 Å². The number of carboxylic acids is 2. The highest BCUT2D eigenvalue weighted by molar-refractivity contribution is 5.90. The topological polar surface area (TPSA) is 229 Å². The number of carbonyl (C=O) groups excluding carboxylic acids is 3. The first kappa shape index (κ1) is 31.4. The van der Waals surface area contributed by atoms with Gasteiger partial charge in [-0.05, 0) is 45.0 Å². The third-order valence-corrected chi connectivity index (χ3v) is 9.15. The van der Waals surface area contributed by atoms with Gasteiger partial charge in [0.25, 0.3) is 5.91 Å². The first-order chi connectivity index (χ1) is 20.7. The zero-order valence-electron chi connectivity index (χ0n) is 24.0. The average Bonchev–Trinajstić information content (AvgIpc) is 3.31. The van der Waals surface area contributed by atoms with E-state index in [9.17, 15) is 39.3 Å². The van der Waals surface area contributed by atoms with Gasteiger partial charge in [-0.2, -0.15) is 0 Å². The van der Waals surface area contributed by atoms with Crippen molar-refractivity contribution < 1.29 is 63.7 Å². The van der Waals surface area contributed by atoms with Gasteiger partial charge in [0.05, 0.1) is 30.5 Å². The molecule has 4 aliphatic rings. The monoisotopic (exact) mass is 618 g/mol. The van der Waals surface area contributed by atoms with Gasteiger partial charge in [-0.1, -0.05) is 12.1 Å². The Morgan fingerprint density at radius 3 is 2.57 bits per heavy atom. The largest absolute Gasteiger partial charge is 0.481 e. The molecule has 15 nitrogen and oxygen atoms in total. The number of likely N-dealkylation sites (N-methyl/N-ethyl adjacent to an activating group) is 1. The number of rotatable bonds is 11. The maximum absolute atomic E-state index is 12.9. The van der Waals surface area contributed by atoms with Gasteiger partial charge in [0.15, 0.2) is 18.3 Å². The number of amides is 1. The van der Waals surface area contributed by atoms with Crippen LogP contribution in [0.25, 0.3) is 0 Å². The number of aliphatic hydroxyl groups excluding tert-OH is 2. The van der Waals surface area contributed by atoms with Gasteiger partial charge < -0.3 is 50.0 Å². The Labute approximate surface area is 251 Å². The zero-order valence-corrected chi connectivity index (χ0v) is 24.0. The Morgan fingerprint density at radius 2 is 1.91 bits per heavy atom. The number of hydrogen-bond acceptors (Lipinski definition) is 12. The van der Waals surface area contributed by atoms with Crippen molar-refractivity contribution in [2.24, 2.45) is 0 Å². The highest BCUT2D eigenvalue weighted by Crippen LogP contribution is 2.64. The number of piperidine rings is 1. The van der Waals surface area contributed by atoms with Crippen molar-refractivity contribution in [1.82, 2.24) is 10.2 Å². The van der Waals surface area contributed by atoms with Crippen molar-refractivity contribution in [2.45, 2.75) is 87.0 Å². The van der Waals surface area contributed by atoms with Crippen LogP contribution in [0.5, 0.6) is 5.75 Å². The number of carbonyl (C=O) groups is 5. The summed E-state index contributed by atoms with van der Waals surface area (Å²) in [6.07, 6.45) is -3.61. The second kappa shape index (κ2) is 11.5. The number of hydrogen-bond donors (Lipinski definition) is 6. The quantitative estimate of drug-likeness (QED) is 0.159. The SMILES string of the molecule is C[C@H](OC(=O)[C@@H](O)CC(=O)OC1=CC[C@@]2(O)[C@H]3Cc4ccc(CO)c5c4[C@@]2(CCN3C)[C@H]1O5)C(=O)N[C@H](CC(=O)O)C(=O)O. The first-order valence-electron chi connectivity index (χ1n) is 14.1. The van der Waals surface area contributed by atoms with E-state index >= 15 is 0 Å². The molecule has 44 heavy (non-hydrogen) atoms. The minimum Gasteiger partial charge on any atom is -0.481 e. The number of benzene rings is 1. The summed E-state index contributed by atoms with van der Waals surface area (Å²) in [7, 11) is 1.94. The van der Waals surface area contributed by atoms with Crippen LogP contribution in [0.2, 0.25) is 0 Å². The van der Waals surface area contributed by atoms with E-state index in [-0.39, 0.29) is 24.8 Å². The van der Waals surface area contributed by atoms with Crippen molar-refractivity contribution in [3.05, 3.63) is 40.7 Å². The molecule has 2 aliphatic heterocycles. The molecule has 2 bridgehead atoms. The molecule has 2 heterocycles. The van der Waals surface area contributed by atoms with Crippen LogP contribution in [0.4, 0.5) is 0 Å². The predicted octanol–water partition coefficient (Wildman–Crippen LogP) is -1.27. The molecule has 0 saturated carbocycles. The Kier molecular flexibility index (Phi) is 8.18. The van der Waals surface area contributed by atoms with Crippen molar-refractivity contribution in [2.75, 3.05) is 13.6 Å². The fourth-order valence-corrected chi connectivity index (χ4v) is 7.02. The predicted molar refractivity (Wildman–Crippen MR) is 145 cm³/mol. The van der Waals surface area contributed by atoms with Crippen LogP contribution in [0.3, 0.4) is 0 Å². The summed E-state index contributed by atoms with van der Waals surface area (Å²) in [4.78, 5) is 61.7. The summed E-state index contributed by atoms with van der Waals surface area (Å²) in [5.74, 6) is -6.05. The molecular formula is C29H34N2O13. The van der Waals surface area contributed by atoms with Crippen LogP contribution >= 0.6 is 0 Å². The maximum atomic E-state index is 12.9. The fourth-order valence-electron chi connectivity index (χ4n) is 7.02. The molecule has 7 atom stereocenters. The Bertz CT molecular complexity index is 1440. The van der Waals surface area contributed by atoms with Crippen molar-refractivity contribution in [1.29, 1.82) is 0 Å². The molecule has 1 fully saturated rings. The van der Waals surface area contributed by atoms with Crippen LogP contribution < -0.4 is 10.1 Å². The number of esters is 2. The van der Waals surface area contributed by atoms with E-state index in [2.05, 4.69) is 4.90 Å². The molecule has 15 heteroatoms. The molecule has 1 aromatic rings. The highest BCUT2D eigenvalue weighted by atomic mass is 16.6. The Balaban J connectivity index is 1.27. The van der Waals surface area contributed by atoms with E-state index in [0.717, 1.165) is 18.1 Å². The van der Waals surface area contributed by atoms with Crippen LogP contribution in [-0.4, -0.2) is 110 Å². The van der Waals surface area contributed by atoms with Gasteiger partial charge in [-0.3, -0.25) is 14.4 Å². The lowest BCUT2D eigenvalue weighted by molar-refractivity contribution is -0.172. The highest BCUT2D eigenvalue weighted by Gasteiger charge is 2.71. The van der Waals surface area contributed by atoms with E-state index in [1.807, 2.05) is 18.4 Å².